The van der Waals surface area contributed by atoms with Crippen LogP contribution in [0.5, 0.6) is 5.75 Å². The van der Waals surface area contributed by atoms with E-state index >= 15 is 0 Å². The van der Waals surface area contributed by atoms with Crippen molar-refractivity contribution >= 4 is 17.5 Å². The summed E-state index contributed by atoms with van der Waals surface area (Å²) in [7, 11) is 3.42. The van der Waals surface area contributed by atoms with Crippen LogP contribution in [0.1, 0.15) is 13.8 Å². The zero-order valence-corrected chi connectivity index (χ0v) is 13.7. The van der Waals surface area contributed by atoms with Crippen LogP contribution in [0.3, 0.4) is 0 Å². The van der Waals surface area contributed by atoms with E-state index in [1.54, 1.807) is 31.4 Å². The van der Waals surface area contributed by atoms with E-state index in [0.717, 1.165) is 10.6 Å². The van der Waals surface area contributed by atoms with Gasteiger partial charge in [0.15, 0.2) is 13.1 Å². The molecule has 0 aliphatic heterocycles. The molecule has 2 amide bonds. The number of likely N-dealkylation sites (N-methyl/N-ethyl adjacent to an activating group) is 1. The summed E-state index contributed by atoms with van der Waals surface area (Å²) in [5, 5.41) is 5.64. The fourth-order valence-electron chi connectivity index (χ4n) is 1.87. The van der Waals surface area contributed by atoms with Crippen molar-refractivity contribution in [2.75, 3.05) is 39.1 Å². The highest BCUT2D eigenvalue weighted by Gasteiger charge is 2.14. The van der Waals surface area contributed by atoms with Crippen molar-refractivity contribution in [3.05, 3.63) is 24.3 Å². The average molecular weight is 308 g/mol. The molecule has 122 valence electrons. The van der Waals surface area contributed by atoms with Crippen LogP contribution in [0.4, 0.5) is 5.69 Å². The molecule has 0 saturated carbocycles. The molecule has 1 aromatic carbocycles. The number of methoxy groups -OCH3 is 1. The number of hydrogen-bond donors (Lipinski definition) is 3. The van der Waals surface area contributed by atoms with Crippen LogP contribution in [0, 0.1) is 5.92 Å². The van der Waals surface area contributed by atoms with Gasteiger partial charge in [0.05, 0.1) is 14.2 Å². The van der Waals surface area contributed by atoms with Crippen molar-refractivity contribution in [1.82, 2.24) is 5.32 Å². The van der Waals surface area contributed by atoms with E-state index in [2.05, 4.69) is 10.6 Å². The molecule has 3 N–H and O–H groups in total. The molecule has 1 rings (SSSR count). The van der Waals surface area contributed by atoms with Crippen molar-refractivity contribution < 1.29 is 19.2 Å². The number of nitrogens with one attached hydrogen (secondary N) is 3. The minimum atomic E-state index is -0.126. The second-order valence-corrected chi connectivity index (χ2v) is 5.79. The number of benzene rings is 1. The lowest BCUT2D eigenvalue weighted by molar-refractivity contribution is -0.862. The smallest absolute Gasteiger partial charge is 0.279 e. The Labute approximate surface area is 131 Å². The fraction of sp³-hybridized carbons (Fsp3) is 0.500. The highest BCUT2D eigenvalue weighted by atomic mass is 16.5. The monoisotopic (exact) mass is 308 g/mol. The van der Waals surface area contributed by atoms with Crippen LogP contribution in [0.25, 0.3) is 0 Å². The van der Waals surface area contributed by atoms with E-state index in [1.165, 1.54) is 0 Å². The number of quaternary nitrogens is 1. The first kappa shape index (κ1) is 18.0. The minimum absolute atomic E-state index is 0.0385. The summed E-state index contributed by atoms with van der Waals surface area (Å²) >= 11 is 0. The molecule has 0 saturated heterocycles. The summed E-state index contributed by atoms with van der Waals surface area (Å²) in [6.45, 7) is 5.26. The van der Waals surface area contributed by atoms with Gasteiger partial charge in [-0.05, 0) is 30.2 Å². The maximum absolute atomic E-state index is 11.9. The molecule has 6 nitrogen and oxygen atoms in total. The maximum atomic E-state index is 11.9. The molecular formula is C16H26N3O3+. The molecule has 6 heteroatoms. The van der Waals surface area contributed by atoms with Gasteiger partial charge in [0.1, 0.15) is 5.75 Å². The first-order valence-electron chi connectivity index (χ1n) is 7.42. The van der Waals surface area contributed by atoms with Gasteiger partial charge in [0, 0.05) is 12.2 Å². The summed E-state index contributed by atoms with van der Waals surface area (Å²) in [6, 6.07) is 7.12. The summed E-state index contributed by atoms with van der Waals surface area (Å²) < 4.78 is 5.06. The van der Waals surface area contributed by atoms with Gasteiger partial charge in [0.2, 0.25) is 0 Å². The van der Waals surface area contributed by atoms with Crippen LogP contribution < -0.4 is 20.3 Å². The Morgan fingerprint density at radius 2 is 1.73 bits per heavy atom. The molecule has 22 heavy (non-hydrogen) atoms. The summed E-state index contributed by atoms with van der Waals surface area (Å²) in [5.41, 5.74) is 0.711. The quantitative estimate of drug-likeness (QED) is 0.629. The zero-order valence-electron chi connectivity index (χ0n) is 13.7. The normalized spacial score (nSPS) is 11.9. The molecule has 1 unspecified atom stereocenters. The Balaban J connectivity index is 2.35. The van der Waals surface area contributed by atoms with Gasteiger partial charge in [-0.1, -0.05) is 13.8 Å². The third-order valence-electron chi connectivity index (χ3n) is 3.01. The maximum Gasteiger partial charge on any atom is 0.279 e. The topological polar surface area (TPSA) is 71.9 Å². The van der Waals surface area contributed by atoms with Gasteiger partial charge in [-0.3, -0.25) is 9.59 Å². The number of carbonyl (C=O) groups excluding carboxylic acids is 2. The van der Waals surface area contributed by atoms with E-state index < -0.39 is 0 Å². The van der Waals surface area contributed by atoms with Crippen LogP contribution in [-0.4, -0.2) is 45.6 Å². The molecule has 0 spiro atoms. The molecule has 0 bridgehead atoms. The Hall–Kier alpha value is -2.08. The van der Waals surface area contributed by atoms with E-state index in [1.807, 2.05) is 20.9 Å². The van der Waals surface area contributed by atoms with Gasteiger partial charge < -0.3 is 20.3 Å². The fourth-order valence-corrected chi connectivity index (χ4v) is 1.87. The first-order chi connectivity index (χ1) is 10.4. The number of anilines is 1. The van der Waals surface area contributed by atoms with Crippen molar-refractivity contribution in [3.63, 3.8) is 0 Å². The molecule has 0 aliphatic carbocycles. The third-order valence-corrected chi connectivity index (χ3v) is 3.01. The lowest BCUT2D eigenvalue weighted by Gasteiger charge is -2.14. The molecular weight excluding hydrogens is 282 g/mol. The highest BCUT2D eigenvalue weighted by Crippen LogP contribution is 2.14. The third kappa shape index (κ3) is 7.08. The van der Waals surface area contributed by atoms with Crippen LogP contribution in [-0.2, 0) is 9.59 Å². The van der Waals surface area contributed by atoms with Gasteiger partial charge in [-0.15, -0.1) is 0 Å². The molecule has 0 aliphatic rings. The first-order valence-corrected chi connectivity index (χ1v) is 7.42. The Morgan fingerprint density at radius 1 is 1.14 bits per heavy atom. The number of ether oxygens (including phenoxy) is 1. The van der Waals surface area contributed by atoms with Gasteiger partial charge in [-0.2, -0.15) is 0 Å². The van der Waals surface area contributed by atoms with E-state index in [4.69, 9.17) is 4.74 Å². The summed E-state index contributed by atoms with van der Waals surface area (Å²) in [4.78, 5) is 24.5. The highest BCUT2D eigenvalue weighted by molar-refractivity contribution is 5.91. The van der Waals surface area contributed by atoms with E-state index in [0.29, 0.717) is 18.2 Å². The predicted octanol–water partition coefficient (Wildman–Crippen LogP) is -0.0794. The summed E-state index contributed by atoms with van der Waals surface area (Å²) in [6.07, 6.45) is 0. The molecule has 0 radical (unpaired) electrons. The lowest BCUT2D eigenvalue weighted by Crippen LogP contribution is -3.11. The number of amides is 2. The minimum Gasteiger partial charge on any atom is -0.497 e. The number of rotatable bonds is 8. The van der Waals surface area contributed by atoms with Crippen molar-refractivity contribution in [2.45, 2.75) is 13.8 Å². The second-order valence-electron chi connectivity index (χ2n) is 5.79. The average Bonchev–Trinajstić information content (AvgIpc) is 2.45. The number of carbonyl (C=O) groups is 2. The van der Waals surface area contributed by atoms with Crippen molar-refractivity contribution in [2.24, 2.45) is 5.92 Å². The van der Waals surface area contributed by atoms with Gasteiger partial charge in [-0.25, -0.2) is 0 Å². The SMILES string of the molecule is COc1ccc(NC(=O)C[NH+](C)CC(=O)NCC(C)C)cc1. The van der Waals surface area contributed by atoms with Crippen molar-refractivity contribution in [3.8, 4) is 5.75 Å². The van der Waals surface area contributed by atoms with E-state index in [9.17, 15) is 9.59 Å². The molecule has 1 aromatic rings. The van der Waals surface area contributed by atoms with Crippen LogP contribution >= 0.6 is 0 Å². The molecule has 0 fully saturated rings. The standard InChI is InChI=1S/C16H25N3O3/c1-12(2)9-17-15(20)10-19(3)11-16(21)18-13-5-7-14(22-4)8-6-13/h5-8,12H,9-11H2,1-4H3,(H,17,20)(H,18,21)/p+1. The second kappa shape index (κ2) is 9.04. The lowest BCUT2D eigenvalue weighted by atomic mass is 10.2. The molecule has 0 aromatic heterocycles. The summed E-state index contributed by atoms with van der Waals surface area (Å²) in [5.74, 6) is 0.993. The predicted molar refractivity (Wildman–Crippen MR) is 86.1 cm³/mol. The Kier molecular flexibility index (Phi) is 7.39. The number of hydrogen-bond acceptors (Lipinski definition) is 3. The largest absolute Gasteiger partial charge is 0.497 e. The van der Waals surface area contributed by atoms with Crippen molar-refractivity contribution in [1.29, 1.82) is 0 Å². The van der Waals surface area contributed by atoms with Gasteiger partial charge in [0.25, 0.3) is 11.8 Å². The van der Waals surface area contributed by atoms with Crippen LogP contribution in [0.2, 0.25) is 0 Å². The molecule has 0 heterocycles. The Morgan fingerprint density at radius 3 is 2.27 bits per heavy atom. The zero-order chi connectivity index (χ0) is 16.5. The van der Waals surface area contributed by atoms with Crippen LogP contribution in [0.15, 0.2) is 24.3 Å². The Bertz CT molecular complexity index is 486. The molecule has 1 atom stereocenters. The van der Waals surface area contributed by atoms with E-state index in [-0.39, 0.29) is 24.9 Å². The van der Waals surface area contributed by atoms with Gasteiger partial charge >= 0.3 is 0 Å².